The van der Waals surface area contributed by atoms with Crippen LogP contribution in [0, 0.1) is 0 Å². The predicted octanol–water partition coefficient (Wildman–Crippen LogP) is 11.8. The molecule has 0 bridgehead atoms. The second-order valence-corrected chi connectivity index (χ2v) is 18.4. The monoisotopic (exact) mass is 722 g/mol. The van der Waals surface area contributed by atoms with E-state index in [2.05, 4.69) is 169 Å². The Kier molecular flexibility index (Phi) is 6.11. The van der Waals surface area contributed by atoms with Gasteiger partial charge < -0.3 is 13.7 Å². The molecule has 0 N–H and O–H groups in total. The third-order valence-corrected chi connectivity index (χ3v) is 15.7. The first-order valence-corrected chi connectivity index (χ1v) is 20.8. The molecule has 2 aliphatic rings. The zero-order valence-corrected chi connectivity index (χ0v) is 31.4. The van der Waals surface area contributed by atoms with Crippen molar-refractivity contribution >= 4 is 66.7 Å². The summed E-state index contributed by atoms with van der Waals surface area (Å²) in [6.45, 7) is 4.69. The molecular weight excluding hydrogens is 688 g/mol. The van der Waals surface area contributed by atoms with Crippen LogP contribution in [-0.2, 0) is 9.98 Å². The van der Waals surface area contributed by atoms with Crippen LogP contribution in [0.15, 0.2) is 176 Å². The van der Waals surface area contributed by atoms with E-state index in [1.807, 2.05) is 30.3 Å². The first-order valence-electron chi connectivity index (χ1n) is 19.0. The molecule has 10 aromatic rings. The van der Waals surface area contributed by atoms with Gasteiger partial charge in [-0.3, -0.25) is 0 Å². The summed E-state index contributed by atoms with van der Waals surface area (Å²) < 4.78 is 20.6. The van der Waals surface area contributed by atoms with Crippen LogP contribution in [0.25, 0.3) is 77.2 Å². The number of nitrogens with zero attached hydrogens (tertiary/aromatic N) is 2. The molecule has 4 heteroatoms. The fourth-order valence-electron chi connectivity index (χ4n) is 9.99. The Morgan fingerprint density at radius 1 is 0.400 bits per heavy atom. The molecule has 1 atom stereocenters. The summed E-state index contributed by atoms with van der Waals surface area (Å²) in [5, 5.41) is 7.57. The van der Waals surface area contributed by atoms with Crippen LogP contribution in [-0.4, -0.2) is 9.13 Å². The predicted molar refractivity (Wildman–Crippen MR) is 231 cm³/mol. The molecule has 0 saturated carbocycles. The van der Waals surface area contributed by atoms with Crippen molar-refractivity contribution in [2.75, 3.05) is 0 Å². The first kappa shape index (κ1) is 31.0. The normalized spacial score (nSPS) is 16.5. The van der Waals surface area contributed by atoms with E-state index in [0.717, 1.165) is 55.0 Å². The number of hydrogen-bond donors (Lipinski definition) is 0. The average molecular weight is 723 g/mol. The van der Waals surface area contributed by atoms with Crippen LogP contribution in [0.3, 0.4) is 0 Å². The molecular formula is C51H35N2OP. The van der Waals surface area contributed by atoms with Gasteiger partial charge in [0.15, 0.2) is 7.14 Å². The van der Waals surface area contributed by atoms with E-state index in [9.17, 15) is 0 Å². The standard InChI is InChI=1S/C51H35N2OP/c1-51(2)43-20-10-6-16-35(43)39-30-40-38-19-9-13-23-47(38)53(48(40)31-44(39)51)33-25-27-50-42(29-33)41-28-32(24-26-49(41)55(50,54)34-14-4-3-5-15-34)52-45-21-11-7-17-36(45)37-18-8-12-22-46(37)52/h3-31H,1-2H3. The lowest BCUT2D eigenvalue weighted by Crippen LogP contribution is -2.20. The van der Waals surface area contributed by atoms with Crippen molar-refractivity contribution in [2.45, 2.75) is 19.3 Å². The second-order valence-electron chi connectivity index (χ2n) is 15.7. The highest BCUT2D eigenvalue weighted by atomic mass is 31.2. The van der Waals surface area contributed by atoms with Crippen molar-refractivity contribution in [1.29, 1.82) is 0 Å². The molecule has 260 valence electrons. The Hall–Kier alpha value is -6.41. The molecule has 1 aliphatic carbocycles. The molecule has 0 radical (unpaired) electrons. The number of fused-ring (bicyclic) bond motifs is 12. The van der Waals surface area contributed by atoms with Crippen LogP contribution in [0.1, 0.15) is 25.0 Å². The van der Waals surface area contributed by atoms with Crippen molar-refractivity contribution in [3.05, 3.63) is 187 Å². The van der Waals surface area contributed by atoms with Crippen molar-refractivity contribution in [3.8, 4) is 33.6 Å². The molecule has 55 heavy (non-hydrogen) atoms. The van der Waals surface area contributed by atoms with Gasteiger partial charge in [0.05, 0.1) is 22.1 Å². The van der Waals surface area contributed by atoms with Gasteiger partial charge in [0.1, 0.15) is 0 Å². The quantitative estimate of drug-likeness (QED) is 0.167. The van der Waals surface area contributed by atoms with Crippen molar-refractivity contribution < 1.29 is 4.57 Å². The fraction of sp³-hybridized carbons (Fsp3) is 0.0588. The molecule has 0 saturated heterocycles. The zero-order valence-electron chi connectivity index (χ0n) is 30.5. The maximum absolute atomic E-state index is 15.8. The summed E-state index contributed by atoms with van der Waals surface area (Å²) in [7, 11) is -3.17. The minimum atomic E-state index is -3.17. The lowest BCUT2D eigenvalue weighted by molar-refractivity contribution is 0.593. The average Bonchev–Trinajstić information content (AvgIpc) is 3.90. The van der Waals surface area contributed by atoms with Gasteiger partial charge in [-0.25, -0.2) is 0 Å². The van der Waals surface area contributed by atoms with Gasteiger partial charge in [0.25, 0.3) is 0 Å². The SMILES string of the molecule is CC1(C)c2ccccc2-c2cc3c4ccccc4n(-c4ccc5c(c4)-c4cc(-n6c7ccccc7c7ccccc76)ccc4P5(=O)c4ccccc4)c3cc21. The van der Waals surface area contributed by atoms with E-state index >= 15 is 4.57 Å². The van der Waals surface area contributed by atoms with Gasteiger partial charge in [-0.15, -0.1) is 0 Å². The third kappa shape index (κ3) is 3.98. The van der Waals surface area contributed by atoms with E-state index in [1.54, 1.807) is 0 Å². The summed E-state index contributed by atoms with van der Waals surface area (Å²) in [5.41, 5.74) is 14.1. The maximum Gasteiger partial charge on any atom is 0.172 e. The van der Waals surface area contributed by atoms with Crippen LogP contribution < -0.4 is 15.9 Å². The first-order chi connectivity index (χ1) is 26.9. The molecule has 8 aromatic carbocycles. The molecule has 12 rings (SSSR count). The number of rotatable bonds is 3. The number of aromatic nitrogens is 2. The zero-order chi connectivity index (χ0) is 36.6. The minimum absolute atomic E-state index is 0.121. The largest absolute Gasteiger partial charge is 0.309 e. The highest BCUT2D eigenvalue weighted by Gasteiger charge is 2.41. The van der Waals surface area contributed by atoms with E-state index in [-0.39, 0.29) is 5.41 Å². The second kappa shape index (κ2) is 10.8. The molecule has 3 nitrogen and oxygen atoms in total. The van der Waals surface area contributed by atoms with Gasteiger partial charge in [0.2, 0.25) is 0 Å². The fourth-order valence-corrected chi connectivity index (χ4v) is 13.0. The van der Waals surface area contributed by atoms with Crippen LogP contribution in [0.5, 0.6) is 0 Å². The number of hydrogen-bond acceptors (Lipinski definition) is 1. The lowest BCUT2D eigenvalue weighted by atomic mass is 9.82. The molecule has 1 unspecified atom stereocenters. The summed E-state index contributed by atoms with van der Waals surface area (Å²) in [4.78, 5) is 0. The Balaban J connectivity index is 1.13. The van der Waals surface area contributed by atoms with Crippen molar-refractivity contribution in [3.63, 3.8) is 0 Å². The Labute approximate surface area is 319 Å². The Morgan fingerprint density at radius 2 is 0.891 bits per heavy atom. The summed E-state index contributed by atoms with van der Waals surface area (Å²) in [6, 6.07) is 63.0. The van der Waals surface area contributed by atoms with Gasteiger partial charge in [-0.1, -0.05) is 123 Å². The summed E-state index contributed by atoms with van der Waals surface area (Å²) in [6.07, 6.45) is 0. The summed E-state index contributed by atoms with van der Waals surface area (Å²) in [5.74, 6) is 0. The highest BCUT2D eigenvalue weighted by Crippen LogP contribution is 2.54. The molecule has 0 spiro atoms. The topological polar surface area (TPSA) is 26.9 Å². The van der Waals surface area contributed by atoms with Crippen LogP contribution in [0.4, 0.5) is 0 Å². The molecule has 3 heterocycles. The molecule has 0 amide bonds. The minimum Gasteiger partial charge on any atom is -0.309 e. The smallest absolute Gasteiger partial charge is 0.172 e. The van der Waals surface area contributed by atoms with E-state index in [0.29, 0.717) is 0 Å². The van der Waals surface area contributed by atoms with Crippen LogP contribution >= 0.6 is 7.14 Å². The lowest BCUT2D eigenvalue weighted by Gasteiger charge is -2.21. The molecule has 2 aromatic heterocycles. The summed E-state index contributed by atoms with van der Waals surface area (Å²) >= 11 is 0. The van der Waals surface area contributed by atoms with Gasteiger partial charge in [0, 0.05) is 54.2 Å². The number of benzene rings is 8. The van der Waals surface area contributed by atoms with Gasteiger partial charge in [-0.2, -0.15) is 0 Å². The maximum atomic E-state index is 15.8. The van der Waals surface area contributed by atoms with Crippen molar-refractivity contribution in [2.24, 2.45) is 0 Å². The Morgan fingerprint density at radius 3 is 1.49 bits per heavy atom. The third-order valence-electron chi connectivity index (χ3n) is 12.5. The van der Waals surface area contributed by atoms with E-state index in [4.69, 9.17) is 0 Å². The van der Waals surface area contributed by atoms with Crippen molar-refractivity contribution in [1.82, 2.24) is 9.13 Å². The van der Waals surface area contributed by atoms with E-state index < -0.39 is 7.14 Å². The molecule has 0 fully saturated rings. The van der Waals surface area contributed by atoms with E-state index in [1.165, 1.54) is 49.3 Å². The van der Waals surface area contributed by atoms with Crippen LogP contribution in [0.2, 0.25) is 0 Å². The van der Waals surface area contributed by atoms with Gasteiger partial charge >= 0.3 is 0 Å². The Bertz CT molecular complexity index is 3270. The van der Waals surface area contributed by atoms with Gasteiger partial charge in [-0.05, 0) is 100 Å². The highest BCUT2D eigenvalue weighted by molar-refractivity contribution is 7.86. The molecule has 1 aliphatic heterocycles. The number of para-hydroxylation sites is 3.